The Bertz CT molecular complexity index is 309. The number of hydrogen-bond donors (Lipinski definition) is 1. The predicted molar refractivity (Wildman–Crippen MR) is 47.2 cm³/mol. The van der Waals surface area contributed by atoms with E-state index in [1.807, 2.05) is 19.1 Å². The van der Waals surface area contributed by atoms with Gasteiger partial charge in [-0.05, 0) is 18.8 Å². The molecule has 1 aliphatic carbocycles. The summed E-state index contributed by atoms with van der Waals surface area (Å²) in [4.78, 5) is 11.4. The SMILES string of the molecule is CC1C=C(C2CC2)NC(=O)C1C#N. The molecule has 0 bridgehead atoms. The van der Waals surface area contributed by atoms with Gasteiger partial charge in [0.15, 0.2) is 0 Å². The number of rotatable bonds is 1. The molecule has 68 valence electrons. The Kier molecular flexibility index (Phi) is 1.84. The van der Waals surface area contributed by atoms with Crippen molar-refractivity contribution >= 4 is 5.91 Å². The van der Waals surface area contributed by atoms with Crippen molar-refractivity contribution in [2.75, 3.05) is 0 Å². The Hall–Kier alpha value is -1.30. The molecule has 1 N–H and O–H groups in total. The molecule has 0 aromatic carbocycles. The van der Waals surface area contributed by atoms with E-state index in [-0.39, 0.29) is 11.8 Å². The zero-order chi connectivity index (χ0) is 9.42. The number of nitrogens with one attached hydrogen (secondary N) is 1. The summed E-state index contributed by atoms with van der Waals surface area (Å²) in [5.74, 6) is 0.00212. The van der Waals surface area contributed by atoms with E-state index in [9.17, 15) is 4.79 Å². The molecule has 1 saturated carbocycles. The first-order chi connectivity index (χ1) is 6.22. The lowest BCUT2D eigenvalue weighted by Crippen LogP contribution is -2.37. The van der Waals surface area contributed by atoms with Gasteiger partial charge in [-0.3, -0.25) is 4.79 Å². The zero-order valence-corrected chi connectivity index (χ0v) is 7.58. The molecule has 1 aliphatic heterocycles. The molecule has 0 aromatic rings. The van der Waals surface area contributed by atoms with Gasteiger partial charge in [-0.2, -0.15) is 5.26 Å². The first-order valence-electron chi connectivity index (χ1n) is 4.64. The maximum Gasteiger partial charge on any atom is 0.242 e. The second-order valence-electron chi connectivity index (χ2n) is 3.85. The van der Waals surface area contributed by atoms with Gasteiger partial charge in [-0.25, -0.2) is 0 Å². The molecule has 0 spiro atoms. The Morgan fingerprint density at radius 3 is 2.77 bits per heavy atom. The van der Waals surface area contributed by atoms with Crippen LogP contribution in [0.4, 0.5) is 0 Å². The van der Waals surface area contributed by atoms with E-state index >= 15 is 0 Å². The van der Waals surface area contributed by atoms with E-state index in [4.69, 9.17) is 5.26 Å². The lowest BCUT2D eigenvalue weighted by molar-refractivity contribution is -0.124. The van der Waals surface area contributed by atoms with Gasteiger partial charge in [-0.1, -0.05) is 13.0 Å². The van der Waals surface area contributed by atoms with E-state index in [2.05, 4.69) is 5.32 Å². The van der Waals surface area contributed by atoms with Gasteiger partial charge in [0.1, 0.15) is 5.92 Å². The number of carbonyl (C=O) groups is 1. The van der Waals surface area contributed by atoms with Crippen LogP contribution in [0.2, 0.25) is 0 Å². The Morgan fingerprint density at radius 2 is 2.31 bits per heavy atom. The van der Waals surface area contributed by atoms with Crippen LogP contribution in [0.5, 0.6) is 0 Å². The summed E-state index contributed by atoms with van der Waals surface area (Å²) >= 11 is 0. The molecular formula is C10H12N2O. The third kappa shape index (κ3) is 1.44. The topological polar surface area (TPSA) is 52.9 Å². The van der Waals surface area contributed by atoms with Crippen molar-refractivity contribution in [2.24, 2.45) is 17.8 Å². The Morgan fingerprint density at radius 1 is 1.62 bits per heavy atom. The van der Waals surface area contributed by atoms with E-state index in [0.29, 0.717) is 5.92 Å². The number of nitrogens with zero attached hydrogens (tertiary/aromatic N) is 1. The third-order valence-corrected chi connectivity index (χ3v) is 2.67. The van der Waals surface area contributed by atoms with E-state index in [0.717, 1.165) is 5.70 Å². The van der Waals surface area contributed by atoms with Crippen LogP contribution in [0.1, 0.15) is 19.8 Å². The van der Waals surface area contributed by atoms with Gasteiger partial charge in [0.25, 0.3) is 0 Å². The molecule has 1 fully saturated rings. The van der Waals surface area contributed by atoms with Crippen LogP contribution >= 0.6 is 0 Å². The van der Waals surface area contributed by atoms with Crippen molar-refractivity contribution in [2.45, 2.75) is 19.8 Å². The molecule has 1 heterocycles. The lowest BCUT2D eigenvalue weighted by Gasteiger charge is -2.22. The van der Waals surface area contributed by atoms with Crippen molar-refractivity contribution in [3.05, 3.63) is 11.8 Å². The highest BCUT2D eigenvalue weighted by Crippen LogP contribution is 2.37. The molecule has 2 unspecified atom stereocenters. The minimum Gasteiger partial charge on any atom is -0.329 e. The number of amides is 1. The smallest absolute Gasteiger partial charge is 0.242 e. The van der Waals surface area contributed by atoms with E-state index < -0.39 is 5.92 Å². The first kappa shape index (κ1) is 8.31. The van der Waals surface area contributed by atoms with Crippen LogP contribution < -0.4 is 5.32 Å². The minimum atomic E-state index is -0.498. The van der Waals surface area contributed by atoms with Crippen molar-refractivity contribution < 1.29 is 4.79 Å². The van der Waals surface area contributed by atoms with Gasteiger partial charge in [-0.15, -0.1) is 0 Å². The third-order valence-electron chi connectivity index (χ3n) is 2.67. The van der Waals surface area contributed by atoms with Gasteiger partial charge in [0.2, 0.25) is 5.91 Å². The second-order valence-corrected chi connectivity index (χ2v) is 3.85. The molecule has 3 nitrogen and oxygen atoms in total. The van der Waals surface area contributed by atoms with Gasteiger partial charge in [0.05, 0.1) is 6.07 Å². The monoisotopic (exact) mass is 176 g/mol. The average Bonchev–Trinajstić information content (AvgIpc) is 2.85. The number of nitriles is 1. The van der Waals surface area contributed by atoms with E-state index in [1.54, 1.807) is 0 Å². The van der Waals surface area contributed by atoms with Crippen LogP contribution in [0.15, 0.2) is 11.8 Å². The number of carbonyl (C=O) groups excluding carboxylic acids is 1. The summed E-state index contributed by atoms with van der Waals surface area (Å²) < 4.78 is 0. The largest absolute Gasteiger partial charge is 0.329 e. The quantitative estimate of drug-likeness (QED) is 0.652. The highest BCUT2D eigenvalue weighted by Gasteiger charge is 2.35. The summed E-state index contributed by atoms with van der Waals surface area (Å²) in [6.45, 7) is 1.93. The van der Waals surface area contributed by atoms with Gasteiger partial charge >= 0.3 is 0 Å². The predicted octanol–water partition coefficient (Wildman–Crippen LogP) is 1.19. The summed E-state index contributed by atoms with van der Waals surface area (Å²) in [5, 5.41) is 11.5. The Labute approximate surface area is 77.4 Å². The number of hydrogen-bond acceptors (Lipinski definition) is 2. The average molecular weight is 176 g/mol. The summed E-state index contributed by atoms with van der Waals surface area (Å²) in [7, 11) is 0. The van der Waals surface area contributed by atoms with Crippen LogP contribution in [0.3, 0.4) is 0 Å². The maximum atomic E-state index is 11.4. The molecule has 0 saturated heterocycles. The fourth-order valence-corrected chi connectivity index (χ4v) is 1.69. The second kappa shape index (κ2) is 2.88. The van der Waals surface area contributed by atoms with Crippen molar-refractivity contribution in [1.29, 1.82) is 5.26 Å². The summed E-state index contributed by atoms with van der Waals surface area (Å²) in [6, 6.07) is 2.03. The molecule has 2 aliphatic rings. The standard InChI is InChI=1S/C10H12N2O/c1-6-4-9(7-2-3-7)12-10(13)8(6)5-11/h4,6-8H,2-3H2,1H3,(H,12,13). The molecule has 2 rings (SSSR count). The lowest BCUT2D eigenvalue weighted by atomic mass is 9.90. The molecule has 0 aromatic heterocycles. The van der Waals surface area contributed by atoms with Crippen LogP contribution in [-0.2, 0) is 4.79 Å². The molecule has 2 atom stereocenters. The highest BCUT2D eigenvalue weighted by atomic mass is 16.2. The highest BCUT2D eigenvalue weighted by molar-refractivity contribution is 5.84. The number of allylic oxidation sites excluding steroid dienone is 2. The van der Waals surface area contributed by atoms with Crippen molar-refractivity contribution in [3.63, 3.8) is 0 Å². The molecule has 0 radical (unpaired) electrons. The molecule has 13 heavy (non-hydrogen) atoms. The van der Waals surface area contributed by atoms with E-state index in [1.165, 1.54) is 12.8 Å². The maximum absolute atomic E-state index is 11.4. The van der Waals surface area contributed by atoms with Crippen LogP contribution in [0, 0.1) is 29.1 Å². The van der Waals surface area contributed by atoms with Gasteiger partial charge < -0.3 is 5.32 Å². The normalized spacial score (nSPS) is 33.2. The summed E-state index contributed by atoms with van der Waals surface area (Å²) in [6.07, 6.45) is 4.39. The summed E-state index contributed by atoms with van der Waals surface area (Å²) in [5.41, 5.74) is 1.05. The molecule has 3 heteroatoms. The van der Waals surface area contributed by atoms with Gasteiger partial charge in [0, 0.05) is 11.6 Å². The fraction of sp³-hybridized carbons (Fsp3) is 0.600. The van der Waals surface area contributed by atoms with Crippen LogP contribution in [-0.4, -0.2) is 5.91 Å². The van der Waals surface area contributed by atoms with Crippen LogP contribution in [0.25, 0.3) is 0 Å². The first-order valence-corrected chi connectivity index (χ1v) is 4.64. The minimum absolute atomic E-state index is 0.0642. The zero-order valence-electron chi connectivity index (χ0n) is 7.58. The van der Waals surface area contributed by atoms with Crippen molar-refractivity contribution in [3.8, 4) is 6.07 Å². The molecular weight excluding hydrogens is 164 g/mol. The molecule has 1 amide bonds. The fourth-order valence-electron chi connectivity index (χ4n) is 1.69. The Balaban J connectivity index is 2.19. The van der Waals surface area contributed by atoms with Crippen molar-refractivity contribution in [1.82, 2.24) is 5.32 Å².